The molecule has 1 aliphatic rings. The van der Waals surface area contributed by atoms with Crippen LogP contribution < -0.4 is 10.6 Å². The molecular formula is C16H20BrN3O. The van der Waals surface area contributed by atoms with Gasteiger partial charge in [0.25, 0.3) is 0 Å². The molecule has 1 aromatic carbocycles. The van der Waals surface area contributed by atoms with Crippen LogP contribution in [0.5, 0.6) is 0 Å². The third-order valence-electron chi connectivity index (χ3n) is 3.72. The number of halogens is 1. The van der Waals surface area contributed by atoms with E-state index in [0.29, 0.717) is 5.69 Å². The zero-order chi connectivity index (χ0) is 15.2. The van der Waals surface area contributed by atoms with E-state index in [2.05, 4.69) is 52.7 Å². The molecule has 1 fully saturated rings. The number of benzene rings is 1. The summed E-state index contributed by atoms with van der Waals surface area (Å²) in [4.78, 5) is 6.75. The lowest BCUT2D eigenvalue weighted by Gasteiger charge is -2.43. The van der Waals surface area contributed by atoms with Crippen LogP contribution in [0.3, 0.4) is 0 Å². The highest BCUT2D eigenvalue weighted by Gasteiger charge is 2.32. The second-order valence-corrected chi connectivity index (χ2v) is 7.21. The number of nitrogens with zero attached hydrogens (tertiary/aromatic N) is 2. The minimum Gasteiger partial charge on any atom is -0.396 e. The van der Waals surface area contributed by atoms with Crippen LogP contribution in [0.25, 0.3) is 10.9 Å². The van der Waals surface area contributed by atoms with E-state index in [-0.39, 0.29) is 11.7 Å². The highest BCUT2D eigenvalue weighted by atomic mass is 79.9. The van der Waals surface area contributed by atoms with Gasteiger partial charge >= 0.3 is 0 Å². The first-order chi connectivity index (χ1) is 9.85. The number of nitrogen functional groups attached to an aromatic ring is 1. The van der Waals surface area contributed by atoms with E-state index in [1.54, 1.807) is 6.20 Å². The Morgan fingerprint density at radius 1 is 1.43 bits per heavy atom. The van der Waals surface area contributed by atoms with Crippen molar-refractivity contribution in [1.29, 1.82) is 0 Å². The number of hydrogen-bond acceptors (Lipinski definition) is 4. The first-order valence-corrected chi connectivity index (χ1v) is 7.91. The molecule has 2 N–H and O–H groups in total. The summed E-state index contributed by atoms with van der Waals surface area (Å²) < 4.78 is 7.03. The minimum absolute atomic E-state index is 0.170. The fourth-order valence-corrected chi connectivity index (χ4v) is 3.50. The predicted octanol–water partition coefficient (Wildman–Crippen LogP) is 3.58. The Labute approximate surface area is 133 Å². The SMILES string of the molecule is CC1CN(c2c(N)cnc3ccc(Br)cc23)CC(C)(C)O1. The lowest BCUT2D eigenvalue weighted by molar-refractivity contribution is -0.0748. The first-order valence-electron chi connectivity index (χ1n) is 7.12. The van der Waals surface area contributed by atoms with Gasteiger partial charge in [0, 0.05) is 22.9 Å². The summed E-state index contributed by atoms with van der Waals surface area (Å²) in [5, 5.41) is 1.08. The van der Waals surface area contributed by atoms with Gasteiger partial charge in [0.15, 0.2) is 0 Å². The second-order valence-electron chi connectivity index (χ2n) is 6.29. The normalized spacial score (nSPS) is 21.7. The van der Waals surface area contributed by atoms with Crippen molar-refractivity contribution in [2.24, 2.45) is 0 Å². The maximum absolute atomic E-state index is 6.24. The van der Waals surface area contributed by atoms with E-state index >= 15 is 0 Å². The predicted molar refractivity (Wildman–Crippen MR) is 90.7 cm³/mol. The number of nitrogens with two attached hydrogens (primary N) is 1. The molecular weight excluding hydrogens is 330 g/mol. The molecule has 1 aromatic heterocycles. The van der Waals surface area contributed by atoms with Crippen LogP contribution in [-0.2, 0) is 4.74 Å². The van der Waals surface area contributed by atoms with Crippen LogP contribution in [0.15, 0.2) is 28.9 Å². The van der Waals surface area contributed by atoms with Crippen molar-refractivity contribution in [3.63, 3.8) is 0 Å². The number of morpholine rings is 1. The van der Waals surface area contributed by atoms with Crippen LogP contribution in [0.4, 0.5) is 11.4 Å². The van der Waals surface area contributed by atoms with Crippen molar-refractivity contribution in [2.75, 3.05) is 23.7 Å². The van der Waals surface area contributed by atoms with Gasteiger partial charge in [0.05, 0.1) is 34.8 Å². The van der Waals surface area contributed by atoms with Gasteiger partial charge in [-0.15, -0.1) is 0 Å². The molecule has 2 heterocycles. The largest absolute Gasteiger partial charge is 0.396 e. The van der Waals surface area contributed by atoms with Gasteiger partial charge in [-0.05, 0) is 39.0 Å². The van der Waals surface area contributed by atoms with Crippen molar-refractivity contribution in [3.8, 4) is 0 Å². The van der Waals surface area contributed by atoms with Crippen molar-refractivity contribution < 1.29 is 4.74 Å². The minimum atomic E-state index is -0.189. The van der Waals surface area contributed by atoms with Crippen LogP contribution in [0, 0.1) is 0 Å². The lowest BCUT2D eigenvalue weighted by atomic mass is 10.0. The summed E-state index contributed by atoms with van der Waals surface area (Å²) in [6, 6.07) is 6.10. The zero-order valence-corrected chi connectivity index (χ0v) is 14.1. The molecule has 2 aromatic rings. The van der Waals surface area contributed by atoms with E-state index in [1.165, 1.54) is 0 Å². The summed E-state index contributed by atoms with van der Waals surface area (Å²) in [7, 11) is 0. The number of hydrogen-bond donors (Lipinski definition) is 1. The molecule has 3 rings (SSSR count). The molecule has 0 spiro atoms. The summed E-state index contributed by atoms with van der Waals surface area (Å²) >= 11 is 3.54. The molecule has 4 nitrogen and oxygen atoms in total. The molecule has 0 saturated carbocycles. The molecule has 0 radical (unpaired) electrons. The average Bonchev–Trinajstić information content (AvgIpc) is 2.35. The Kier molecular flexibility index (Phi) is 3.58. The summed E-state index contributed by atoms with van der Waals surface area (Å²) in [5.41, 5.74) is 8.78. The van der Waals surface area contributed by atoms with Crippen molar-refractivity contribution >= 4 is 38.2 Å². The smallest absolute Gasteiger partial charge is 0.0805 e. The third-order valence-corrected chi connectivity index (χ3v) is 4.21. The fourth-order valence-electron chi connectivity index (χ4n) is 3.14. The Balaban J connectivity index is 2.14. The topological polar surface area (TPSA) is 51.4 Å². The number of rotatable bonds is 1. The molecule has 1 aliphatic heterocycles. The molecule has 1 saturated heterocycles. The van der Waals surface area contributed by atoms with E-state index in [9.17, 15) is 0 Å². The van der Waals surface area contributed by atoms with E-state index in [1.807, 2.05) is 12.1 Å². The molecule has 1 atom stereocenters. The summed E-state index contributed by atoms with van der Waals surface area (Å²) in [6.45, 7) is 7.98. The van der Waals surface area contributed by atoms with Crippen LogP contribution >= 0.6 is 15.9 Å². The molecule has 1 unspecified atom stereocenters. The molecule has 21 heavy (non-hydrogen) atoms. The molecule has 112 valence electrons. The first kappa shape index (κ1) is 14.6. The maximum Gasteiger partial charge on any atom is 0.0805 e. The van der Waals surface area contributed by atoms with Crippen LogP contribution in [0.2, 0.25) is 0 Å². The summed E-state index contributed by atoms with van der Waals surface area (Å²) in [5.74, 6) is 0. The van der Waals surface area contributed by atoms with Crippen LogP contribution in [-0.4, -0.2) is 29.8 Å². The molecule has 0 aliphatic carbocycles. The maximum atomic E-state index is 6.24. The fraction of sp³-hybridized carbons (Fsp3) is 0.438. The van der Waals surface area contributed by atoms with Crippen LogP contribution in [0.1, 0.15) is 20.8 Å². The number of pyridine rings is 1. The Morgan fingerprint density at radius 2 is 2.19 bits per heavy atom. The number of anilines is 2. The van der Waals surface area contributed by atoms with Gasteiger partial charge in [-0.3, -0.25) is 4.98 Å². The van der Waals surface area contributed by atoms with Crippen molar-refractivity contribution in [3.05, 3.63) is 28.9 Å². The van der Waals surface area contributed by atoms with Gasteiger partial charge in [-0.1, -0.05) is 15.9 Å². The third kappa shape index (κ3) is 2.85. The number of aromatic nitrogens is 1. The van der Waals surface area contributed by atoms with Gasteiger partial charge < -0.3 is 15.4 Å². The second kappa shape index (κ2) is 5.14. The quantitative estimate of drug-likeness (QED) is 0.854. The Morgan fingerprint density at radius 3 is 2.90 bits per heavy atom. The standard InChI is InChI=1S/C16H20BrN3O/c1-10-8-20(9-16(2,3)21-10)15-12-6-11(17)4-5-14(12)19-7-13(15)18/h4-7,10H,8-9,18H2,1-3H3. The van der Waals surface area contributed by atoms with E-state index in [0.717, 1.165) is 34.2 Å². The number of fused-ring (bicyclic) bond motifs is 1. The average molecular weight is 350 g/mol. The molecule has 5 heteroatoms. The van der Waals surface area contributed by atoms with E-state index < -0.39 is 0 Å². The van der Waals surface area contributed by atoms with Gasteiger partial charge in [-0.25, -0.2) is 0 Å². The number of ether oxygens (including phenoxy) is 1. The van der Waals surface area contributed by atoms with Gasteiger partial charge in [0.2, 0.25) is 0 Å². The van der Waals surface area contributed by atoms with Crippen molar-refractivity contribution in [1.82, 2.24) is 4.98 Å². The lowest BCUT2D eigenvalue weighted by Crippen LogP contribution is -2.52. The Bertz CT molecular complexity index is 681. The summed E-state index contributed by atoms with van der Waals surface area (Å²) in [6.07, 6.45) is 1.92. The van der Waals surface area contributed by atoms with E-state index in [4.69, 9.17) is 10.5 Å². The highest BCUT2D eigenvalue weighted by molar-refractivity contribution is 9.10. The van der Waals surface area contributed by atoms with Gasteiger partial charge in [0.1, 0.15) is 0 Å². The highest BCUT2D eigenvalue weighted by Crippen LogP contribution is 2.36. The Hall–Kier alpha value is -1.33. The zero-order valence-electron chi connectivity index (χ0n) is 12.6. The molecule has 0 bridgehead atoms. The van der Waals surface area contributed by atoms with Gasteiger partial charge in [-0.2, -0.15) is 0 Å². The monoisotopic (exact) mass is 349 g/mol. The van der Waals surface area contributed by atoms with Crippen molar-refractivity contribution in [2.45, 2.75) is 32.5 Å². The molecule has 0 amide bonds.